The molecule has 10 nitrogen and oxygen atoms in total. The highest BCUT2D eigenvalue weighted by Gasteiger charge is 2.41. The Hall–Kier alpha value is -3.83. The van der Waals surface area contributed by atoms with E-state index >= 15 is 0 Å². The molecule has 0 atom stereocenters. The zero-order valence-corrected chi connectivity index (χ0v) is 21.8. The van der Waals surface area contributed by atoms with Crippen LogP contribution in [0.5, 0.6) is 0 Å². The molecule has 194 valence electrons. The van der Waals surface area contributed by atoms with Crippen molar-refractivity contribution in [3.63, 3.8) is 0 Å². The molecule has 0 saturated carbocycles. The molecule has 1 aliphatic heterocycles. The van der Waals surface area contributed by atoms with Gasteiger partial charge < -0.3 is 14.4 Å². The summed E-state index contributed by atoms with van der Waals surface area (Å²) in [6, 6.07) is 6.21. The van der Waals surface area contributed by atoms with Crippen LogP contribution in [0.25, 0.3) is 6.08 Å². The molecule has 1 aliphatic rings. The van der Waals surface area contributed by atoms with Crippen LogP contribution in [0, 0.1) is 6.92 Å². The SMILES string of the molecule is CCCCc1ncc(/C=C2/C(=O)N(COC)C(=O)N2Cc2csc(C)n2)n1Cc1ccc(C(=O)O)cc1. The van der Waals surface area contributed by atoms with Gasteiger partial charge in [-0.1, -0.05) is 25.5 Å². The minimum Gasteiger partial charge on any atom is -0.478 e. The second-order valence-electron chi connectivity index (χ2n) is 8.70. The third kappa shape index (κ3) is 5.78. The average Bonchev–Trinajstić information content (AvgIpc) is 3.53. The Morgan fingerprint density at radius 3 is 2.54 bits per heavy atom. The number of benzene rings is 1. The maximum Gasteiger partial charge on any atom is 0.335 e. The van der Waals surface area contributed by atoms with E-state index in [1.807, 2.05) is 16.9 Å². The number of carboxylic acids is 1. The number of unbranched alkanes of at least 4 members (excludes halogenated alkanes) is 1. The van der Waals surface area contributed by atoms with Crippen LogP contribution in [0.1, 0.15) is 57.9 Å². The summed E-state index contributed by atoms with van der Waals surface area (Å²) in [6.07, 6.45) is 6.07. The number of aromatic carboxylic acids is 1. The molecule has 3 heterocycles. The van der Waals surface area contributed by atoms with Gasteiger partial charge in [0.2, 0.25) is 0 Å². The lowest BCUT2D eigenvalue weighted by atomic mass is 10.1. The van der Waals surface area contributed by atoms with Gasteiger partial charge in [0.25, 0.3) is 5.91 Å². The molecule has 3 aromatic rings. The Morgan fingerprint density at radius 2 is 1.92 bits per heavy atom. The van der Waals surface area contributed by atoms with Gasteiger partial charge in [-0.05, 0) is 37.1 Å². The number of aromatic nitrogens is 3. The number of imide groups is 1. The van der Waals surface area contributed by atoms with E-state index in [4.69, 9.17) is 4.74 Å². The number of methoxy groups -OCH3 is 1. The molecule has 37 heavy (non-hydrogen) atoms. The second kappa shape index (κ2) is 11.5. The van der Waals surface area contributed by atoms with E-state index in [2.05, 4.69) is 16.9 Å². The molecule has 1 fully saturated rings. The molecule has 3 amide bonds. The van der Waals surface area contributed by atoms with Crippen LogP contribution < -0.4 is 0 Å². The Bertz CT molecular complexity index is 1330. The largest absolute Gasteiger partial charge is 0.478 e. The van der Waals surface area contributed by atoms with E-state index < -0.39 is 17.9 Å². The topological polar surface area (TPSA) is 118 Å². The van der Waals surface area contributed by atoms with Crippen LogP contribution in [-0.4, -0.2) is 61.2 Å². The maximum absolute atomic E-state index is 13.3. The normalized spacial score (nSPS) is 14.8. The molecule has 0 bridgehead atoms. The average molecular weight is 524 g/mol. The van der Waals surface area contributed by atoms with E-state index in [0.29, 0.717) is 17.9 Å². The van der Waals surface area contributed by atoms with Gasteiger partial charge in [0.15, 0.2) is 0 Å². The fourth-order valence-corrected chi connectivity index (χ4v) is 4.71. The van der Waals surface area contributed by atoms with Crippen LogP contribution >= 0.6 is 11.3 Å². The van der Waals surface area contributed by atoms with Crippen LogP contribution in [0.3, 0.4) is 0 Å². The zero-order chi connectivity index (χ0) is 26.5. The number of amides is 3. The molecule has 0 aliphatic carbocycles. The number of rotatable bonds is 11. The minimum absolute atomic E-state index is 0.154. The highest BCUT2D eigenvalue weighted by molar-refractivity contribution is 7.09. The van der Waals surface area contributed by atoms with Crippen LogP contribution in [0.15, 0.2) is 41.5 Å². The van der Waals surface area contributed by atoms with E-state index in [9.17, 15) is 19.5 Å². The van der Waals surface area contributed by atoms with Gasteiger partial charge in [-0.25, -0.2) is 24.5 Å². The summed E-state index contributed by atoms with van der Waals surface area (Å²) in [5.74, 6) is -0.584. The Balaban J connectivity index is 1.72. The van der Waals surface area contributed by atoms with E-state index in [-0.39, 0.29) is 24.5 Å². The maximum atomic E-state index is 13.3. The third-order valence-corrected chi connectivity index (χ3v) is 6.83. The molecule has 1 N–H and O–H groups in total. The van der Waals surface area contributed by atoms with Gasteiger partial charge in [0.1, 0.15) is 18.3 Å². The van der Waals surface area contributed by atoms with Crippen molar-refractivity contribution in [3.05, 3.63) is 74.9 Å². The summed E-state index contributed by atoms with van der Waals surface area (Å²) >= 11 is 1.48. The summed E-state index contributed by atoms with van der Waals surface area (Å²) in [7, 11) is 1.43. The summed E-state index contributed by atoms with van der Waals surface area (Å²) in [5.41, 5.74) is 2.69. The highest BCUT2D eigenvalue weighted by atomic mass is 32.1. The number of aryl methyl sites for hydroxylation is 2. The molecular weight excluding hydrogens is 494 g/mol. The third-order valence-electron chi connectivity index (χ3n) is 6.01. The smallest absolute Gasteiger partial charge is 0.335 e. The molecule has 2 aromatic heterocycles. The number of carbonyl (C=O) groups excluding carboxylic acids is 2. The molecular formula is C26H29N5O5S. The van der Waals surface area contributed by atoms with Gasteiger partial charge >= 0.3 is 12.0 Å². The van der Waals surface area contributed by atoms with Crippen molar-refractivity contribution >= 4 is 35.3 Å². The molecule has 11 heteroatoms. The number of carboxylic acid groups (broad SMARTS) is 1. The van der Waals surface area contributed by atoms with E-state index in [1.54, 1.807) is 36.5 Å². The standard InChI is InChI=1S/C26H29N5O5S/c1-4-5-6-23-27-12-21(29(23)13-18-7-9-19(10-8-18)25(33)34)11-22-24(32)31(16-36-3)26(35)30(22)14-20-15-37-17(2)28-20/h7-12,15H,4-6,13-14,16H2,1-3H3,(H,33,34)/b22-11-. The van der Waals surface area contributed by atoms with Crippen LogP contribution in [-0.2, 0) is 29.0 Å². The first kappa shape index (κ1) is 26.2. The Kier molecular flexibility index (Phi) is 8.14. The first-order chi connectivity index (χ1) is 17.8. The van der Waals surface area contributed by atoms with E-state index in [0.717, 1.165) is 40.6 Å². The minimum atomic E-state index is -0.983. The van der Waals surface area contributed by atoms with Crippen molar-refractivity contribution in [2.75, 3.05) is 13.8 Å². The predicted octanol–water partition coefficient (Wildman–Crippen LogP) is 4.15. The van der Waals surface area contributed by atoms with Crippen LogP contribution in [0.2, 0.25) is 0 Å². The highest BCUT2D eigenvalue weighted by Crippen LogP contribution is 2.27. The van der Waals surface area contributed by atoms with Crippen molar-refractivity contribution < 1.29 is 24.2 Å². The van der Waals surface area contributed by atoms with Gasteiger partial charge in [-0.3, -0.25) is 9.69 Å². The van der Waals surface area contributed by atoms with Gasteiger partial charge in [-0.2, -0.15) is 0 Å². The summed E-state index contributed by atoms with van der Waals surface area (Å²) in [6.45, 7) is 4.44. The molecule has 0 unspecified atom stereocenters. The lowest BCUT2D eigenvalue weighted by Crippen LogP contribution is -2.34. The number of urea groups is 1. The molecule has 4 rings (SSSR count). The number of hydrogen-bond donors (Lipinski definition) is 1. The molecule has 0 radical (unpaired) electrons. The van der Waals surface area contributed by atoms with Gasteiger partial charge in [-0.15, -0.1) is 11.3 Å². The lowest BCUT2D eigenvalue weighted by Gasteiger charge is -2.16. The van der Waals surface area contributed by atoms with E-state index in [1.165, 1.54) is 23.3 Å². The number of carbonyl (C=O) groups is 3. The number of ether oxygens (including phenoxy) is 1. The predicted molar refractivity (Wildman–Crippen MR) is 138 cm³/mol. The van der Waals surface area contributed by atoms with Crippen molar-refractivity contribution in [1.82, 2.24) is 24.3 Å². The number of imidazole rings is 1. The molecule has 1 aromatic carbocycles. The summed E-state index contributed by atoms with van der Waals surface area (Å²) in [5, 5.41) is 12.0. The summed E-state index contributed by atoms with van der Waals surface area (Å²) in [4.78, 5) is 49.2. The number of hydrogen-bond acceptors (Lipinski definition) is 7. The van der Waals surface area contributed by atoms with Gasteiger partial charge in [0.05, 0.1) is 34.7 Å². The fourth-order valence-electron chi connectivity index (χ4n) is 4.10. The number of nitrogens with zero attached hydrogens (tertiary/aromatic N) is 5. The van der Waals surface area contributed by atoms with Crippen LogP contribution in [0.4, 0.5) is 4.79 Å². The molecule has 0 spiro atoms. The van der Waals surface area contributed by atoms with Crippen molar-refractivity contribution in [2.45, 2.75) is 46.2 Å². The first-order valence-electron chi connectivity index (χ1n) is 11.9. The Morgan fingerprint density at radius 1 is 1.16 bits per heavy atom. The zero-order valence-electron chi connectivity index (χ0n) is 21.0. The lowest BCUT2D eigenvalue weighted by molar-refractivity contribution is -0.126. The molecule has 1 saturated heterocycles. The first-order valence-corrected chi connectivity index (χ1v) is 12.8. The summed E-state index contributed by atoms with van der Waals surface area (Å²) < 4.78 is 7.10. The van der Waals surface area contributed by atoms with Crippen molar-refractivity contribution in [1.29, 1.82) is 0 Å². The fraction of sp³-hybridized carbons (Fsp3) is 0.346. The second-order valence-corrected chi connectivity index (χ2v) is 9.76. The van der Waals surface area contributed by atoms with Crippen molar-refractivity contribution in [3.8, 4) is 0 Å². The van der Waals surface area contributed by atoms with Crippen molar-refractivity contribution in [2.24, 2.45) is 0 Å². The van der Waals surface area contributed by atoms with Gasteiger partial charge in [0, 0.05) is 25.5 Å². The quantitative estimate of drug-likeness (QED) is 0.296. The Labute approximate surface area is 218 Å². The number of thiazole rings is 1. The monoisotopic (exact) mass is 523 g/mol.